The Morgan fingerprint density at radius 3 is 2.35 bits per heavy atom. The van der Waals surface area contributed by atoms with E-state index in [0.717, 1.165) is 35.3 Å². The number of amides is 2. The number of thiophene rings is 1. The molecule has 0 saturated heterocycles. The molecule has 1 atom stereocenters. The summed E-state index contributed by atoms with van der Waals surface area (Å²) in [5, 5.41) is 14.5. The van der Waals surface area contributed by atoms with Gasteiger partial charge in [-0.25, -0.2) is 9.59 Å². The maximum atomic E-state index is 13.3. The molecule has 0 radical (unpaired) electrons. The minimum Gasteiger partial charge on any atom is -0.462 e. The van der Waals surface area contributed by atoms with Crippen molar-refractivity contribution in [1.29, 1.82) is 0 Å². The van der Waals surface area contributed by atoms with E-state index in [1.54, 1.807) is 33.8 Å². The number of hydrogen-bond donors (Lipinski definition) is 2. The fourth-order valence-electron chi connectivity index (χ4n) is 4.09. The number of rotatable bonds is 14. The Labute approximate surface area is 260 Å². The molecule has 0 saturated carbocycles. The predicted octanol–water partition coefficient (Wildman–Crippen LogP) is 5.47. The Bertz CT molecular complexity index is 1480. The van der Waals surface area contributed by atoms with E-state index >= 15 is 0 Å². The van der Waals surface area contributed by atoms with Crippen molar-refractivity contribution in [3.05, 3.63) is 56.7 Å². The van der Waals surface area contributed by atoms with Crippen molar-refractivity contribution in [3.63, 3.8) is 0 Å². The van der Waals surface area contributed by atoms with Crippen LogP contribution in [0, 0.1) is 20.8 Å². The van der Waals surface area contributed by atoms with Crippen LogP contribution < -0.4 is 10.6 Å². The maximum Gasteiger partial charge on any atom is 0.348 e. The molecule has 13 heteroatoms. The third-order valence-electron chi connectivity index (χ3n) is 6.68. The highest BCUT2D eigenvalue weighted by Crippen LogP contribution is 2.35. The number of aryl methyl sites for hydroxylation is 2. The Kier molecular flexibility index (Phi) is 12.3. The summed E-state index contributed by atoms with van der Waals surface area (Å²) in [4.78, 5) is 51.5. The Morgan fingerprint density at radius 1 is 1.00 bits per heavy atom. The number of carbonyl (C=O) groups is 4. The third-order valence-corrected chi connectivity index (χ3v) is 8.95. The largest absolute Gasteiger partial charge is 0.462 e. The van der Waals surface area contributed by atoms with Gasteiger partial charge < -0.3 is 24.7 Å². The first kappa shape index (κ1) is 33.8. The summed E-state index contributed by atoms with van der Waals surface area (Å²) in [6.45, 7) is 13.9. The van der Waals surface area contributed by atoms with E-state index in [2.05, 4.69) is 27.8 Å². The molecule has 0 aliphatic carbocycles. The fourth-order valence-corrected chi connectivity index (χ4v) is 6.07. The zero-order valence-electron chi connectivity index (χ0n) is 25.7. The predicted molar refractivity (Wildman–Crippen MR) is 167 cm³/mol. The van der Waals surface area contributed by atoms with Gasteiger partial charge in [-0.3, -0.25) is 9.59 Å². The zero-order valence-corrected chi connectivity index (χ0v) is 27.3. The van der Waals surface area contributed by atoms with E-state index in [-0.39, 0.29) is 47.0 Å². The summed E-state index contributed by atoms with van der Waals surface area (Å²) in [7, 11) is 0. The summed E-state index contributed by atoms with van der Waals surface area (Å²) in [5.41, 5.74) is 3.24. The lowest BCUT2D eigenvalue weighted by Gasteiger charge is -2.14. The average molecular weight is 630 g/mol. The molecule has 2 N–H and O–H groups in total. The average Bonchev–Trinajstić information content (AvgIpc) is 3.51. The van der Waals surface area contributed by atoms with Crippen LogP contribution in [0.15, 0.2) is 23.4 Å². The van der Waals surface area contributed by atoms with Gasteiger partial charge in [0.05, 0.1) is 30.6 Å². The summed E-state index contributed by atoms with van der Waals surface area (Å²) < 4.78 is 12.2. The molecule has 0 bridgehead atoms. The first-order valence-corrected chi connectivity index (χ1v) is 15.9. The van der Waals surface area contributed by atoms with E-state index in [4.69, 9.17) is 9.47 Å². The molecular formula is C30H39N5O6S2. The minimum atomic E-state index is -0.633. The first-order valence-electron chi connectivity index (χ1n) is 14.2. The molecule has 2 heterocycles. The molecule has 0 aliphatic rings. The minimum absolute atomic E-state index is 0.133. The van der Waals surface area contributed by atoms with Gasteiger partial charge in [-0.15, -0.1) is 21.5 Å². The highest BCUT2D eigenvalue weighted by atomic mass is 32.2. The lowest BCUT2D eigenvalue weighted by molar-refractivity contribution is -0.115. The quantitative estimate of drug-likeness (QED) is 0.175. The van der Waals surface area contributed by atoms with E-state index in [1.165, 1.54) is 11.8 Å². The van der Waals surface area contributed by atoms with Crippen molar-refractivity contribution in [2.45, 2.75) is 84.8 Å². The van der Waals surface area contributed by atoms with Gasteiger partial charge >= 0.3 is 11.9 Å². The molecule has 43 heavy (non-hydrogen) atoms. The van der Waals surface area contributed by atoms with E-state index in [9.17, 15) is 19.2 Å². The van der Waals surface area contributed by atoms with Gasteiger partial charge in [0.25, 0.3) is 5.91 Å². The molecule has 2 aromatic heterocycles. The van der Waals surface area contributed by atoms with E-state index < -0.39 is 17.2 Å². The summed E-state index contributed by atoms with van der Waals surface area (Å²) in [5.74, 6) is -1.21. The third kappa shape index (κ3) is 8.44. The molecule has 11 nitrogen and oxygen atoms in total. The van der Waals surface area contributed by atoms with Crippen molar-refractivity contribution in [2.75, 3.05) is 18.5 Å². The lowest BCUT2D eigenvalue weighted by Crippen LogP contribution is -2.25. The van der Waals surface area contributed by atoms with Crippen LogP contribution in [0.1, 0.15) is 93.4 Å². The number of carbonyl (C=O) groups excluding carboxylic acids is 4. The monoisotopic (exact) mass is 629 g/mol. The van der Waals surface area contributed by atoms with Crippen molar-refractivity contribution in [1.82, 2.24) is 20.1 Å². The van der Waals surface area contributed by atoms with Crippen LogP contribution in [0.4, 0.5) is 5.00 Å². The topological polar surface area (TPSA) is 142 Å². The van der Waals surface area contributed by atoms with Gasteiger partial charge in [-0.05, 0) is 76.8 Å². The number of unbranched alkanes of at least 4 members (excludes halogenated alkanes) is 1. The first-order chi connectivity index (χ1) is 20.5. The second-order valence-corrected chi connectivity index (χ2v) is 12.2. The number of thioether (sulfide) groups is 1. The molecule has 1 aromatic carbocycles. The molecular weight excluding hydrogens is 590 g/mol. The number of benzene rings is 1. The van der Waals surface area contributed by atoms with Crippen molar-refractivity contribution >= 4 is 51.9 Å². The molecule has 3 aromatic rings. The van der Waals surface area contributed by atoms with Crippen molar-refractivity contribution in [3.8, 4) is 0 Å². The standard InChI is InChI=1S/C30H39N5O6S2/c1-8-11-14-35-22(16-31-26(37)21-13-12-17(4)18(5)15-21)33-34-30(35)42-20(7)25(36)32-27-23(28(38)40-9-2)19(6)24(43-27)29(39)41-10-3/h12-13,15,20H,8-11,14,16H2,1-7H3,(H,31,37)(H,32,36)/t20-/m1/s1. The van der Waals surface area contributed by atoms with E-state index in [0.29, 0.717) is 28.7 Å². The van der Waals surface area contributed by atoms with Gasteiger partial charge in [0, 0.05) is 12.1 Å². The molecule has 0 spiro atoms. The summed E-state index contributed by atoms with van der Waals surface area (Å²) in [6, 6.07) is 5.56. The van der Waals surface area contributed by atoms with Crippen LogP contribution in [-0.4, -0.2) is 57.0 Å². The summed E-state index contributed by atoms with van der Waals surface area (Å²) >= 11 is 2.19. The molecule has 232 valence electrons. The fraction of sp³-hybridized carbons (Fsp3) is 0.467. The molecule has 2 amide bonds. The highest BCUT2D eigenvalue weighted by molar-refractivity contribution is 8.00. The van der Waals surface area contributed by atoms with Crippen LogP contribution in [0.2, 0.25) is 0 Å². The normalized spacial score (nSPS) is 11.6. The number of aromatic nitrogens is 3. The van der Waals surface area contributed by atoms with Gasteiger partial charge in [0.15, 0.2) is 11.0 Å². The van der Waals surface area contributed by atoms with Crippen LogP contribution in [0.3, 0.4) is 0 Å². The van der Waals surface area contributed by atoms with Crippen LogP contribution in [-0.2, 0) is 27.4 Å². The van der Waals surface area contributed by atoms with Gasteiger partial charge in [0.1, 0.15) is 9.88 Å². The van der Waals surface area contributed by atoms with Gasteiger partial charge in [-0.1, -0.05) is 31.2 Å². The van der Waals surface area contributed by atoms with E-state index in [1.807, 2.05) is 30.5 Å². The highest BCUT2D eigenvalue weighted by Gasteiger charge is 2.29. The lowest BCUT2D eigenvalue weighted by atomic mass is 10.1. The number of hydrogen-bond acceptors (Lipinski definition) is 10. The molecule has 3 rings (SSSR count). The second-order valence-electron chi connectivity index (χ2n) is 9.84. The number of nitrogens with one attached hydrogen (secondary N) is 2. The van der Waals surface area contributed by atoms with Crippen LogP contribution >= 0.6 is 23.1 Å². The van der Waals surface area contributed by atoms with Crippen LogP contribution in [0.25, 0.3) is 0 Å². The molecule has 0 fully saturated rings. The molecule has 0 unspecified atom stereocenters. The number of nitrogens with zero attached hydrogens (tertiary/aromatic N) is 3. The molecule has 0 aliphatic heterocycles. The Morgan fingerprint density at radius 2 is 1.70 bits per heavy atom. The number of ether oxygens (including phenoxy) is 2. The van der Waals surface area contributed by atoms with Crippen LogP contribution in [0.5, 0.6) is 0 Å². The van der Waals surface area contributed by atoms with Gasteiger partial charge in [0.2, 0.25) is 5.91 Å². The Hall–Kier alpha value is -3.71. The summed E-state index contributed by atoms with van der Waals surface area (Å²) in [6.07, 6.45) is 1.79. The van der Waals surface area contributed by atoms with Crippen molar-refractivity contribution in [2.24, 2.45) is 0 Å². The number of anilines is 1. The number of esters is 2. The second kappa shape index (κ2) is 15.7. The SMILES string of the molecule is CCCCn1c(CNC(=O)c2ccc(C)c(C)c2)nnc1S[C@H](C)C(=O)Nc1sc(C(=O)OCC)c(C)c1C(=O)OCC. The zero-order chi connectivity index (χ0) is 31.7. The smallest absolute Gasteiger partial charge is 0.348 e. The van der Waals surface area contributed by atoms with Gasteiger partial charge in [-0.2, -0.15) is 0 Å². The Balaban J connectivity index is 1.77. The maximum absolute atomic E-state index is 13.3. The van der Waals surface area contributed by atoms with Crippen molar-refractivity contribution < 1.29 is 28.7 Å².